The predicted molar refractivity (Wildman–Crippen MR) is 90.9 cm³/mol. The number of ether oxygens (including phenoxy) is 2. The third-order valence-electron chi connectivity index (χ3n) is 3.22. The van der Waals surface area contributed by atoms with Crippen molar-refractivity contribution in [3.8, 4) is 5.88 Å². The van der Waals surface area contributed by atoms with E-state index in [2.05, 4.69) is 5.10 Å². The summed E-state index contributed by atoms with van der Waals surface area (Å²) in [6.07, 6.45) is -0.0120. The van der Waals surface area contributed by atoms with E-state index in [0.29, 0.717) is 0 Å². The molecule has 1 aromatic heterocycles. The molecule has 0 bridgehead atoms. The van der Waals surface area contributed by atoms with Gasteiger partial charge in [0, 0.05) is 12.1 Å². The minimum Gasteiger partial charge on any atom is -0.466 e. The maximum Gasteiger partial charge on any atom is 0.346 e. The molecule has 1 heterocycles. The molecule has 0 aliphatic rings. The number of halogens is 1. The van der Waals surface area contributed by atoms with Gasteiger partial charge >= 0.3 is 11.9 Å². The van der Waals surface area contributed by atoms with Gasteiger partial charge in [-0.05, 0) is 31.5 Å². The molecule has 0 unspecified atom stereocenters. The van der Waals surface area contributed by atoms with Crippen LogP contribution in [0.3, 0.4) is 0 Å². The number of aromatic nitrogens is 2. The van der Waals surface area contributed by atoms with E-state index in [9.17, 15) is 14.4 Å². The van der Waals surface area contributed by atoms with Crippen molar-refractivity contribution >= 4 is 23.5 Å². The molecule has 25 heavy (non-hydrogen) atoms. The molecule has 0 aliphatic carbocycles. The van der Waals surface area contributed by atoms with Crippen molar-refractivity contribution in [2.75, 3.05) is 6.61 Å². The van der Waals surface area contributed by atoms with Gasteiger partial charge in [0.25, 0.3) is 5.56 Å². The summed E-state index contributed by atoms with van der Waals surface area (Å²) in [7, 11) is 0. The van der Waals surface area contributed by atoms with Crippen molar-refractivity contribution in [3.63, 3.8) is 0 Å². The van der Waals surface area contributed by atoms with Gasteiger partial charge in [-0.3, -0.25) is 9.59 Å². The average molecular weight is 365 g/mol. The standard InChI is InChI=1S/C17H17ClN2O5/c1-3-24-16(22)8-9-20-15(21)7-6-14(19-20)25-17(23)12-5-4-11(2)10-13(12)18/h4-7,10H,3,8-9H2,1-2H3. The van der Waals surface area contributed by atoms with Crippen LogP contribution in [0.15, 0.2) is 35.1 Å². The highest BCUT2D eigenvalue weighted by Crippen LogP contribution is 2.19. The molecular formula is C17H17ClN2O5. The Morgan fingerprint density at radius 3 is 2.68 bits per heavy atom. The van der Waals surface area contributed by atoms with Crippen LogP contribution in [0.25, 0.3) is 0 Å². The molecule has 7 nitrogen and oxygen atoms in total. The first-order valence-electron chi connectivity index (χ1n) is 7.63. The lowest BCUT2D eigenvalue weighted by Crippen LogP contribution is -2.24. The molecule has 0 amide bonds. The van der Waals surface area contributed by atoms with Gasteiger partial charge in [-0.1, -0.05) is 17.7 Å². The highest BCUT2D eigenvalue weighted by molar-refractivity contribution is 6.33. The van der Waals surface area contributed by atoms with Crippen molar-refractivity contribution in [1.82, 2.24) is 9.78 Å². The van der Waals surface area contributed by atoms with Crippen LogP contribution >= 0.6 is 11.6 Å². The summed E-state index contributed by atoms with van der Waals surface area (Å²) in [6.45, 7) is 3.82. The van der Waals surface area contributed by atoms with Crippen molar-refractivity contribution < 1.29 is 19.1 Å². The lowest BCUT2D eigenvalue weighted by molar-refractivity contribution is -0.143. The summed E-state index contributed by atoms with van der Waals surface area (Å²) in [6, 6.07) is 7.42. The Bertz CT molecular complexity index is 847. The van der Waals surface area contributed by atoms with Gasteiger partial charge in [0.15, 0.2) is 0 Å². The van der Waals surface area contributed by atoms with Crippen LogP contribution in [-0.2, 0) is 16.1 Å². The van der Waals surface area contributed by atoms with E-state index in [-0.39, 0.29) is 36.0 Å². The number of carbonyl (C=O) groups excluding carboxylic acids is 2. The molecule has 0 saturated carbocycles. The molecular weight excluding hydrogens is 348 g/mol. The van der Waals surface area contributed by atoms with Crippen LogP contribution in [0.2, 0.25) is 5.02 Å². The highest BCUT2D eigenvalue weighted by Gasteiger charge is 2.14. The molecule has 2 rings (SSSR count). The van der Waals surface area contributed by atoms with Crippen LogP contribution in [0, 0.1) is 6.92 Å². The molecule has 0 fully saturated rings. The van der Waals surface area contributed by atoms with E-state index < -0.39 is 17.5 Å². The molecule has 0 N–H and O–H groups in total. The van der Waals surface area contributed by atoms with Gasteiger partial charge in [-0.2, -0.15) is 0 Å². The average Bonchev–Trinajstić information content (AvgIpc) is 2.55. The normalized spacial score (nSPS) is 10.4. The third-order valence-corrected chi connectivity index (χ3v) is 3.53. The number of aryl methyl sites for hydroxylation is 2. The molecule has 2 aromatic rings. The zero-order chi connectivity index (χ0) is 18.4. The van der Waals surface area contributed by atoms with E-state index in [0.717, 1.165) is 10.2 Å². The van der Waals surface area contributed by atoms with Crippen LogP contribution < -0.4 is 10.3 Å². The van der Waals surface area contributed by atoms with Crippen LogP contribution in [0.5, 0.6) is 5.88 Å². The summed E-state index contributed by atoms with van der Waals surface area (Å²) in [5, 5.41) is 4.19. The van der Waals surface area contributed by atoms with Gasteiger partial charge < -0.3 is 9.47 Å². The van der Waals surface area contributed by atoms with Crippen LogP contribution in [-0.4, -0.2) is 28.3 Å². The summed E-state index contributed by atoms with van der Waals surface area (Å²) >= 11 is 6.03. The van der Waals surface area contributed by atoms with E-state index in [1.54, 1.807) is 25.1 Å². The zero-order valence-corrected chi connectivity index (χ0v) is 14.6. The quantitative estimate of drug-likeness (QED) is 0.731. The monoisotopic (exact) mass is 364 g/mol. The van der Waals surface area contributed by atoms with Gasteiger partial charge in [0.05, 0.1) is 30.2 Å². The Morgan fingerprint density at radius 2 is 2.00 bits per heavy atom. The van der Waals surface area contributed by atoms with E-state index in [4.69, 9.17) is 21.1 Å². The zero-order valence-electron chi connectivity index (χ0n) is 13.8. The number of nitrogens with zero attached hydrogens (tertiary/aromatic N) is 2. The van der Waals surface area contributed by atoms with Crippen molar-refractivity contribution in [1.29, 1.82) is 0 Å². The fourth-order valence-corrected chi connectivity index (χ4v) is 2.32. The number of carbonyl (C=O) groups is 2. The van der Waals surface area contributed by atoms with Crippen molar-refractivity contribution in [2.24, 2.45) is 0 Å². The largest absolute Gasteiger partial charge is 0.466 e. The number of hydrogen-bond donors (Lipinski definition) is 0. The van der Waals surface area contributed by atoms with E-state index >= 15 is 0 Å². The van der Waals surface area contributed by atoms with Gasteiger partial charge in [-0.15, -0.1) is 5.10 Å². The summed E-state index contributed by atoms with van der Waals surface area (Å²) in [5.41, 5.74) is 0.683. The van der Waals surface area contributed by atoms with Gasteiger partial charge in [0.1, 0.15) is 0 Å². The molecule has 0 aliphatic heterocycles. The molecule has 8 heteroatoms. The Kier molecular flexibility index (Phi) is 6.30. The first kappa shape index (κ1) is 18.7. The second-order valence-electron chi connectivity index (χ2n) is 5.16. The second kappa shape index (κ2) is 8.43. The Morgan fingerprint density at radius 1 is 1.24 bits per heavy atom. The highest BCUT2D eigenvalue weighted by atomic mass is 35.5. The first-order valence-corrected chi connectivity index (χ1v) is 8.00. The molecule has 132 valence electrons. The van der Waals surface area contributed by atoms with Gasteiger partial charge in [0.2, 0.25) is 5.88 Å². The number of benzene rings is 1. The minimum absolute atomic E-state index is 0.0120. The van der Waals surface area contributed by atoms with Crippen molar-refractivity contribution in [3.05, 3.63) is 56.8 Å². The topological polar surface area (TPSA) is 87.5 Å². The Balaban J connectivity index is 2.12. The lowest BCUT2D eigenvalue weighted by Gasteiger charge is -2.08. The number of hydrogen-bond acceptors (Lipinski definition) is 6. The van der Waals surface area contributed by atoms with Gasteiger partial charge in [-0.25, -0.2) is 9.48 Å². The SMILES string of the molecule is CCOC(=O)CCn1nc(OC(=O)c2ccc(C)cc2Cl)ccc1=O. The molecule has 0 saturated heterocycles. The molecule has 0 atom stereocenters. The minimum atomic E-state index is -0.687. The fourth-order valence-electron chi connectivity index (χ4n) is 2.01. The van der Waals surface area contributed by atoms with E-state index in [1.165, 1.54) is 12.1 Å². The summed E-state index contributed by atoms with van der Waals surface area (Å²) < 4.78 is 11.0. The van der Waals surface area contributed by atoms with Crippen LogP contribution in [0.1, 0.15) is 29.3 Å². The van der Waals surface area contributed by atoms with E-state index in [1.807, 2.05) is 6.92 Å². The Labute approximate surface area is 149 Å². The third kappa shape index (κ3) is 5.15. The molecule has 0 spiro atoms. The smallest absolute Gasteiger partial charge is 0.346 e. The second-order valence-corrected chi connectivity index (χ2v) is 5.57. The summed E-state index contributed by atoms with van der Waals surface area (Å²) in [4.78, 5) is 35.3. The number of rotatable bonds is 6. The fraction of sp³-hybridized carbons (Fsp3) is 0.294. The first-order chi connectivity index (χ1) is 11.9. The predicted octanol–water partition coefficient (Wildman–Crippen LogP) is 2.38. The van der Waals surface area contributed by atoms with Crippen LogP contribution in [0.4, 0.5) is 0 Å². The lowest BCUT2D eigenvalue weighted by atomic mass is 10.1. The number of esters is 2. The molecule has 1 aromatic carbocycles. The molecule has 0 radical (unpaired) electrons. The summed E-state index contributed by atoms with van der Waals surface area (Å²) in [5.74, 6) is -1.19. The Hall–Kier alpha value is -2.67. The maximum absolute atomic E-state index is 12.2. The maximum atomic E-state index is 12.2. The van der Waals surface area contributed by atoms with Crippen molar-refractivity contribution in [2.45, 2.75) is 26.8 Å².